The van der Waals surface area contributed by atoms with Crippen molar-refractivity contribution in [2.45, 2.75) is 59.2 Å². The van der Waals surface area contributed by atoms with Gasteiger partial charge >= 0.3 is 0 Å². The van der Waals surface area contributed by atoms with Gasteiger partial charge in [-0.2, -0.15) is 0 Å². The maximum absolute atomic E-state index is 6.35. The van der Waals surface area contributed by atoms with Crippen LogP contribution in [-0.4, -0.2) is 17.5 Å². The SMILES string of the molecule is CCCCN(Cc1ccc(CN)cc1Cl)C(C)CC. The zero-order valence-corrected chi connectivity index (χ0v) is 13.2. The number of unbranched alkanes of at least 4 members (excludes halogenated alkanes) is 1. The van der Waals surface area contributed by atoms with Crippen molar-refractivity contribution in [3.8, 4) is 0 Å². The molecule has 19 heavy (non-hydrogen) atoms. The first-order valence-corrected chi connectivity index (χ1v) is 7.71. The number of hydrogen-bond acceptors (Lipinski definition) is 2. The van der Waals surface area contributed by atoms with E-state index in [1.165, 1.54) is 24.8 Å². The Balaban J connectivity index is 2.77. The first-order valence-electron chi connectivity index (χ1n) is 7.33. The number of nitrogens with zero attached hydrogens (tertiary/aromatic N) is 1. The molecule has 0 heterocycles. The Morgan fingerprint density at radius 1 is 1.32 bits per heavy atom. The molecule has 1 rings (SSSR count). The molecular formula is C16H27ClN2. The highest BCUT2D eigenvalue weighted by molar-refractivity contribution is 6.31. The fourth-order valence-electron chi connectivity index (χ4n) is 2.14. The lowest BCUT2D eigenvalue weighted by Crippen LogP contribution is -2.33. The maximum Gasteiger partial charge on any atom is 0.0454 e. The van der Waals surface area contributed by atoms with Crippen molar-refractivity contribution in [1.82, 2.24) is 4.90 Å². The van der Waals surface area contributed by atoms with Gasteiger partial charge in [0.2, 0.25) is 0 Å². The number of rotatable bonds is 8. The summed E-state index contributed by atoms with van der Waals surface area (Å²) in [7, 11) is 0. The third-order valence-corrected chi connectivity index (χ3v) is 4.09. The van der Waals surface area contributed by atoms with E-state index in [1.807, 2.05) is 6.07 Å². The van der Waals surface area contributed by atoms with Crippen LogP contribution in [0, 0.1) is 0 Å². The van der Waals surface area contributed by atoms with Gasteiger partial charge in [0.25, 0.3) is 0 Å². The molecular weight excluding hydrogens is 256 g/mol. The lowest BCUT2D eigenvalue weighted by atomic mass is 10.1. The van der Waals surface area contributed by atoms with Crippen molar-refractivity contribution in [1.29, 1.82) is 0 Å². The smallest absolute Gasteiger partial charge is 0.0454 e. The van der Waals surface area contributed by atoms with E-state index in [-0.39, 0.29) is 0 Å². The number of benzene rings is 1. The molecule has 1 aromatic rings. The van der Waals surface area contributed by atoms with Crippen LogP contribution in [-0.2, 0) is 13.1 Å². The molecule has 3 heteroatoms. The molecule has 1 aromatic carbocycles. The van der Waals surface area contributed by atoms with Crippen molar-refractivity contribution < 1.29 is 0 Å². The summed E-state index contributed by atoms with van der Waals surface area (Å²) < 4.78 is 0. The summed E-state index contributed by atoms with van der Waals surface area (Å²) >= 11 is 6.35. The van der Waals surface area contributed by atoms with E-state index in [2.05, 4.69) is 37.8 Å². The fraction of sp³-hybridized carbons (Fsp3) is 0.625. The molecule has 1 atom stereocenters. The number of halogens is 1. The van der Waals surface area contributed by atoms with Crippen LogP contribution in [0.4, 0.5) is 0 Å². The third-order valence-electron chi connectivity index (χ3n) is 3.74. The Morgan fingerprint density at radius 3 is 2.58 bits per heavy atom. The first-order chi connectivity index (χ1) is 9.12. The van der Waals surface area contributed by atoms with Gasteiger partial charge in [0.1, 0.15) is 0 Å². The summed E-state index contributed by atoms with van der Waals surface area (Å²) in [6.07, 6.45) is 3.64. The number of hydrogen-bond donors (Lipinski definition) is 1. The van der Waals surface area contributed by atoms with E-state index in [1.54, 1.807) is 0 Å². The molecule has 0 saturated heterocycles. The maximum atomic E-state index is 6.35. The Morgan fingerprint density at radius 2 is 2.05 bits per heavy atom. The first kappa shape index (κ1) is 16.5. The molecule has 0 amide bonds. The molecule has 108 valence electrons. The molecule has 2 N–H and O–H groups in total. The number of nitrogens with two attached hydrogens (primary N) is 1. The van der Waals surface area contributed by atoms with Crippen LogP contribution in [0.1, 0.15) is 51.2 Å². The minimum atomic E-state index is 0.547. The van der Waals surface area contributed by atoms with E-state index in [4.69, 9.17) is 17.3 Å². The lowest BCUT2D eigenvalue weighted by Gasteiger charge is -2.28. The molecule has 0 aromatic heterocycles. The van der Waals surface area contributed by atoms with Crippen LogP contribution in [0.25, 0.3) is 0 Å². The third kappa shape index (κ3) is 5.13. The molecule has 0 fully saturated rings. The van der Waals surface area contributed by atoms with Gasteiger partial charge in [-0.3, -0.25) is 4.90 Å². The van der Waals surface area contributed by atoms with Crippen molar-refractivity contribution in [2.75, 3.05) is 6.54 Å². The summed E-state index contributed by atoms with van der Waals surface area (Å²) in [5, 5.41) is 0.841. The van der Waals surface area contributed by atoms with Gasteiger partial charge < -0.3 is 5.73 Å². The van der Waals surface area contributed by atoms with E-state index in [9.17, 15) is 0 Å². The average Bonchev–Trinajstić information content (AvgIpc) is 2.43. The minimum Gasteiger partial charge on any atom is -0.326 e. The molecule has 0 aliphatic rings. The summed E-state index contributed by atoms with van der Waals surface area (Å²) in [5.41, 5.74) is 7.94. The van der Waals surface area contributed by atoms with Crippen molar-refractivity contribution in [2.24, 2.45) is 5.73 Å². The molecule has 0 aliphatic heterocycles. The van der Waals surface area contributed by atoms with Crippen LogP contribution in [0.15, 0.2) is 18.2 Å². The van der Waals surface area contributed by atoms with E-state index in [0.717, 1.165) is 23.7 Å². The van der Waals surface area contributed by atoms with E-state index >= 15 is 0 Å². The standard InChI is InChI=1S/C16H27ClN2/c1-4-6-9-19(13(3)5-2)12-15-8-7-14(11-18)10-16(15)17/h7-8,10,13H,4-6,9,11-12,18H2,1-3H3. The summed E-state index contributed by atoms with van der Waals surface area (Å²) in [4.78, 5) is 2.52. The molecule has 0 saturated carbocycles. The Labute approximate surface area is 122 Å². The van der Waals surface area contributed by atoms with E-state index in [0.29, 0.717) is 12.6 Å². The summed E-state index contributed by atoms with van der Waals surface area (Å²) in [6.45, 7) is 9.38. The van der Waals surface area contributed by atoms with Crippen LogP contribution < -0.4 is 5.73 Å². The minimum absolute atomic E-state index is 0.547. The van der Waals surface area contributed by atoms with Crippen molar-refractivity contribution >= 4 is 11.6 Å². The van der Waals surface area contributed by atoms with Gasteiger partial charge in [0.15, 0.2) is 0 Å². The molecule has 0 radical (unpaired) electrons. The van der Waals surface area contributed by atoms with Gasteiger partial charge in [-0.25, -0.2) is 0 Å². The second-order valence-corrected chi connectivity index (χ2v) is 5.62. The second kappa shape index (κ2) is 8.57. The summed E-state index contributed by atoms with van der Waals surface area (Å²) in [6, 6.07) is 6.78. The highest BCUT2D eigenvalue weighted by atomic mass is 35.5. The molecule has 0 spiro atoms. The zero-order valence-electron chi connectivity index (χ0n) is 12.5. The zero-order chi connectivity index (χ0) is 14.3. The Bertz CT molecular complexity index is 379. The van der Waals surface area contributed by atoms with Crippen molar-refractivity contribution in [3.05, 3.63) is 34.3 Å². The molecule has 0 bridgehead atoms. The fourth-order valence-corrected chi connectivity index (χ4v) is 2.40. The predicted molar refractivity (Wildman–Crippen MR) is 84.4 cm³/mol. The highest BCUT2D eigenvalue weighted by Gasteiger charge is 2.13. The Hall–Kier alpha value is -0.570. The van der Waals surface area contributed by atoms with Gasteiger partial charge in [-0.1, -0.05) is 44.0 Å². The van der Waals surface area contributed by atoms with Gasteiger partial charge in [-0.15, -0.1) is 0 Å². The van der Waals surface area contributed by atoms with Gasteiger partial charge in [0.05, 0.1) is 0 Å². The largest absolute Gasteiger partial charge is 0.326 e. The van der Waals surface area contributed by atoms with E-state index < -0.39 is 0 Å². The quantitative estimate of drug-likeness (QED) is 0.774. The van der Waals surface area contributed by atoms with Crippen LogP contribution in [0.5, 0.6) is 0 Å². The molecule has 1 unspecified atom stereocenters. The molecule has 2 nitrogen and oxygen atoms in total. The van der Waals surface area contributed by atoms with Gasteiger partial charge in [0, 0.05) is 24.2 Å². The lowest BCUT2D eigenvalue weighted by molar-refractivity contribution is 0.192. The molecule has 0 aliphatic carbocycles. The predicted octanol–water partition coefficient (Wildman–Crippen LogP) is 4.20. The highest BCUT2D eigenvalue weighted by Crippen LogP contribution is 2.21. The van der Waals surface area contributed by atoms with Crippen LogP contribution >= 0.6 is 11.6 Å². The Kier molecular flexibility index (Phi) is 7.44. The van der Waals surface area contributed by atoms with Crippen molar-refractivity contribution in [3.63, 3.8) is 0 Å². The van der Waals surface area contributed by atoms with Crippen LogP contribution in [0.3, 0.4) is 0 Å². The normalized spacial score (nSPS) is 12.9. The second-order valence-electron chi connectivity index (χ2n) is 5.21. The van der Waals surface area contributed by atoms with Gasteiger partial charge in [-0.05, 0) is 43.5 Å². The van der Waals surface area contributed by atoms with Crippen LogP contribution in [0.2, 0.25) is 5.02 Å². The summed E-state index contributed by atoms with van der Waals surface area (Å²) in [5.74, 6) is 0. The average molecular weight is 283 g/mol. The monoisotopic (exact) mass is 282 g/mol. The topological polar surface area (TPSA) is 29.3 Å².